The Labute approximate surface area is 224 Å². The molecule has 3 aromatic rings. The van der Waals surface area contributed by atoms with Gasteiger partial charge in [0.2, 0.25) is 17.7 Å². The number of aryl methyl sites for hydroxylation is 1. The number of nitrogens with one attached hydrogen (secondary N) is 4. The van der Waals surface area contributed by atoms with Crippen LogP contribution in [0.15, 0.2) is 30.5 Å². The van der Waals surface area contributed by atoms with Gasteiger partial charge in [-0.15, -0.1) is 0 Å². The Hall–Kier alpha value is -3.86. The van der Waals surface area contributed by atoms with Crippen LogP contribution in [0.3, 0.4) is 0 Å². The lowest BCUT2D eigenvalue weighted by atomic mass is 9.79. The molecule has 11 nitrogen and oxygen atoms in total. The number of hydrogen-bond donors (Lipinski definition) is 4. The van der Waals surface area contributed by atoms with Crippen molar-refractivity contribution in [3.05, 3.63) is 52.4 Å². The van der Waals surface area contributed by atoms with Crippen molar-refractivity contribution >= 4 is 46.1 Å². The summed E-state index contributed by atoms with van der Waals surface area (Å²) in [6.45, 7) is 3.15. The number of likely N-dealkylation sites (N-methyl/N-ethyl adjacent to an activating group) is 1. The Kier molecular flexibility index (Phi) is 7.11. The number of likely N-dealkylation sites (tertiary alicyclic amines) is 2. The molecule has 0 bridgehead atoms. The van der Waals surface area contributed by atoms with E-state index in [1.54, 1.807) is 28.1 Å². The Morgan fingerprint density at radius 1 is 1.11 bits per heavy atom. The molecule has 4 amide bonds. The topological polar surface area (TPSA) is 143 Å². The number of fused-ring (bicyclic) bond motifs is 2. The van der Waals surface area contributed by atoms with E-state index in [1.165, 1.54) is 7.05 Å². The van der Waals surface area contributed by atoms with Crippen molar-refractivity contribution in [3.63, 3.8) is 0 Å². The van der Waals surface area contributed by atoms with E-state index in [9.17, 15) is 19.2 Å². The molecule has 0 radical (unpaired) electrons. The summed E-state index contributed by atoms with van der Waals surface area (Å²) < 4.78 is 0. The van der Waals surface area contributed by atoms with Gasteiger partial charge in [0.05, 0.1) is 18.9 Å². The predicted molar refractivity (Wildman–Crippen MR) is 140 cm³/mol. The minimum Gasteiger partial charge on any atom is -0.361 e. The molecule has 4 N–H and O–H groups in total. The first-order chi connectivity index (χ1) is 18.2. The number of amides is 4. The smallest absolute Gasteiger partial charge is 0.274 e. The molecule has 0 saturated carbocycles. The van der Waals surface area contributed by atoms with Gasteiger partial charge in [-0.25, -0.2) is 0 Å². The van der Waals surface area contributed by atoms with Gasteiger partial charge in [0.15, 0.2) is 0 Å². The summed E-state index contributed by atoms with van der Waals surface area (Å²) in [4.78, 5) is 58.1. The molecule has 0 aliphatic carbocycles. The Morgan fingerprint density at radius 2 is 1.89 bits per heavy atom. The normalized spacial score (nSPS) is 20.9. The quantitative estimate of drug-likeness (QED) is 0.371. The van der Waals surface area contributed by atoms with Crippen molar-refractivity contribution < 1.29 is 19.2 Å². The van der Waals surface area contributed by atoms with E-state index < -0.39 is 5.92 Å². The number of rotatable bonds is 6. The molecule has 3 unspecified atom stereocenters. The van der Waals surface area contributed by atoms with Crippen molar-refractivity contribution in [2.45, 2.75) is 13.3 Å². The van der Waals surface area contributed by atoms with E-state index in [4.69, 9.17) is 11.6 Å². The molecule has 38 heavy (non-hydrogen) atoms. The van der Waals surface area contributed by atoms with Gasteiger partial charge in [-0.2, -0.15) is 5.10 Å². The van der Waals surface area contributed by atoms with Crippen LogP contribution in [0.1, 0.15) is 21.7 Å². The third-order valence-electron chi connectivity index (χ3n) is 7.56. The van der Waals surface area contributed by atoms with Crippen molar-refractivity contribution in [2.24, 2.45) is 17.8 Å². The van der Waals surface area contributed by atoms with E-state index >= 15 is 0 Å². The second-order valence-corrected chi connectivity index (χ2v) is 10.5. The second-order valence-electron chi connectivity index (χ2n) is 10.0. The first kappa shape index (κ1) is 25.8. The van der Waals surface area contributed by atoms with Gasteiger partial charge in [0, 0.05) is 61.0 Å². The van der Waals surface area contributed by atoms with Gasteiger partial charge in [0.1, 0.15) is 5.69 Å². The summed E-state index contributed by atoms with van der Waals surface area (Å²) in [7, 11) is 1.50. The number of hydrogen-bond acceptors (Lipinski definition) is 5. The van der Waals surface area contributed by atoms with Gasteiger partial charge in [0.25, 0.3) is 5.91 Å². The number of H-pyrrole nitrogens is 2. The van der Waals surface area contributed by atoms with Crippen LogP contribution in [0.2, 0.25) is 5.02 Å². The van der Waals surface area contributed by atoms with Gasteiger partial charge in [-0.3, -0.25) is 24.3 Å². The Balaban J connectivity index is 1.35. The first-order valence-electron chi connectivity index (χ1n) is 12.6. The highest BCUT2D eigenvalue weighted by Gasteiger charge is 2.48. The molecule has 4 heterocycles. The molecule has 2 saturated heterocycles. The summed E-state index contributed by atoms with van der Waals surface area (Å²) in [6, 6.07) is 7.18. The molecule has 5 rings (SSSR count). The minimum atomic E-state index is -0.553. The molecule has 2 aromatic heterocycles. The lowest BCUT2D eigenvalue weighted by Gasteiger charge is -2.39. The summed E-state index contributed by atoms with van der Waals surface area (Å²) in [5, 5.41) is 13.6. The van der Waals surface area contributed by atoms with E-state index in [-0.39, 0.29) is 55.0 Å². The lowest BCUT2D eigenvalue weighted by molar-refractivity contribution is -0.139. The maximum Gasteiger partial charge on any atom is 0.274 e. The number of piperidine rings is 1. The Bertz CT molecular complexity index is 1400. The molecule has 2 aliphatic rings. The van der Waals surface area contributed by atoms with Crippen molar-refractivity contribution in [1.82, 2.24) is 35.6 Å². The monoisotopic (exact) mass is 539 g/mol. The van der Waals surface area contributed by atoms with E-state index in [0.717, 1.165) is 22.2 Å². The molecule has 3 atom stereocenters. The zero-order chi connectivity index (χ0) is 27.0. The van der Waals surface area contributed by atoms with Gasteiger partial charge in [-0.05, 0) is 42.5 Å². The van der Waals surface area contributed by atoms with Crippen LogP contribution in [0.4, 0.5) is 0 Å². The fourth-order valence-corrected chi connectivity index (χ4v) is 5.75. The summed E-state index contributed by atoms with van der Waals surface area (Å²) in [5.74, 6) is -1.68. The molecular formula is C26H30ClN7O4. The van der Waals surface area contributed by atoms with Crippen LogP contribution in [0.25, 0.3) is 10.9 Å². The van der Waals surface area contributed by atoms with Crippen molar-refractivity contribution in [3.8, 4) is 0 Å². The van der Waals surface area contributed by atoms with E-state index in [0.29, 0.717) is 30.4 Å². The zero-order valence-electron chi connectivity index (χ0n) is 21.2. The number of carbonyl (C=O) groups excluding carboxylic acids is 4. The van der Waals surface area contributed by atoms with Crippen molar-refractivity contribution in [2.75, 3.05) is 39.8 Å². The van der Waals surface area contributed by atoms with Gasteiger partial charge < -0.3 is 25.4 Å². The minimum absolute atomic E-state index is 0.0748. The van der Waals surface area contributed by atoms with Crippen LogP contribution >= 0.6 is 11.6 Å². The fourth-order valence-electron chi connectivity index (χ4n) is 5.58. The number of nitrogens with zero attached hydrogens (tertiary/aromatic N) is 3. The highest BCUT2D eigenvalue weighted by atomic mass is 35.5. The number of benzene rings is 1. The fraction of sp³-hybridized carbons (Fsp3) is 0.423. The average molecular weight is 540 g/mol. The number of aromatic amines is 2. The van der Waals surface area contributed by atoms with Crippen LogP contribution in [-0.2, 0) is 20.8 Å². The van der Waals surface area contributed by atoms with Crippen molar-refractivity contribution in [1.29, 1.82) is 0 Å². The second kappa shape index (κ2) is 10.5. The number of halogens is 1. The third-order valence-corrected chi connectivity index (χ3v) is 7.79. The highest BCUT2D eigenvalue weighted by molar-refractivity contribution is 6.31. The largest absolute Gasteiger partial charge is 0.361 e. The highest BCUT2D eigenvalue weighted by Crippen LogP contribution is 2.36. The van der Waals surface area contributed by atoms with Crippen LogP contribution < -0.4 is 10.6 Å². The molecule has 0 spiro atoms. The summed E-state index contributed by atoms with van der Waals surface area (Å²) in [6.07, 6.45) is 1.97. The van der Waals surface area contributed by atoms with Crippen LogP contribution in [0.5, 0.6) is 0 Å². The van der Waals surface area contributed by atoms with Crippen LogP contribution in [0, 0.1) is 24.7 Å². The molecule has 2 fully saturated rings. The molecule has 12 heteroatoms. The summed E-state index contributed by atoms with van der Waals surface area (Å²) in [5.41, 5.74) is 2.81. The van der Waals surface area contributed by atoms with E-state index in [2.05, 4.69) is 25.8 Å². The predicted octanol–water partition coefficient (Wildman–Crippen LogP) is 1.10. The average Bonchev–Trinajstić information content (AvgIpc) is 3.64. The number of aromatic nitrogens is 3. The van der Waals surface area contributed by atoms with Gasteiger partial charge in [-0.1, -0.05) is 17.7 Å². The maximum absolute atomic E-state index is 13.5. The van der Waals surface area contributed by atoms with E-state index in [1.807, 2.05) is 19.1 Å². The molecular weight excluding hydrogens is 510 g/mol. The molecule has 1 aromatic carbocycles. The van der Waals surface area contributed by atoms with Crippen LogP contribution in [-0.4, -0.2) is 88.4 Å². The molecule has 2 aliphatic heterocycles. The molecule has 200 valence electrons. The maximum atomic E-state index is 13.5. The summed E-state index contributed by atoms with van der Waals surface area (Å²) >= 11 is 6.09. The third kappa shape index (κ3) is 5.10. The number of carbonyl (C=O) groups is 4. The van der Waals surface area contributed by atoms with Gasteiger partial charge >= 0.3 is 0 Å². The SMILES string of the molecule is CNC(=O)CNC(=O)C1CN(C(=O)Cc2c[nH]c3cc(Cl)ccc23)CC2CN(C(=O)c3cc(C)[nH]n3)CC21. The Morgan fingerprint density at radius 3 is 2.63 bits per heavy atom. The first-order valence-corrected chi connectivity index (χ1v) is 12.9. The zero-order valence-corrected chi connectivity index (χ0v) is 22.0. The lowest BCUT2D eigenvalue weighted by Crippen LogP contribution is -2.54. The standard InChI is InChI=1S/C26H30ClN7O4/c1-14-5-22(32-31-14)26(38)34-11-16-10-33(13-20(19(16)12-34)25(37)30-9-23(35)28-2)24(36)6-15-8-29-21-7-17(27)3-4-18(15)21/h3-5,7-8,16,19-20,29H,6,9-13H2,1-2H3,(H,28,35)(H,30,37)(H,31,32).